The molecule has 0 aliphatic carbocycles. The van der Waals surface area contributed by atoms with Crippen LogP contribution in [0.25, 0.3) is 6.08 Å². The minimum Gasteiger partial charge on any atom is -0.0831 e. The zero-order chi connectivity index (χ0) is 9.14. The molecule has 0 bridgehead atoms. The van der Waals surface area contributed by atoms with Gasteiger partial charge >= 0.3 is 0 Å². The standard InChI is InChI=1S/C8H4Br3Cl/c9-6-3-5(4-8(10)11)1-2-7(6)12/h1-4H. The summed E-state index contributed by atoms with van der Waals surface area (Å²) in [5, 5.41) is 0.720. The first kappa shape index (κ1) is 10.8. The van der Waals surface area contributed by atoms with Crippen LogP contribution in [0.5, 0.6) is 0 Å². The van der Waals surface area contributed by atoms with Crippen molar-refractivity contribution in [3.8, 4) is 0 Å². The summed E-state index contributed by atoms with van der Waals surface area (Å²) in [6.07, 6.45) is 1.95. The fourth-order valence-electron chi connectivity index (χ4n) is 0.728. The molecule has 1 rings (SSSR count). The largest absolute Gasteiger partial charge is 0.0831 e. The van der Waals surface area contributed by atoms with E-state index in [1.165, 1.54) is 0 Å². The van der Waals surface area contributed by atoms with Crippen molar-refractivity contribution in [2.75, 3.05) is 0 Å². The molecule has 0 amide bonds. The van der Waals surface area contributed by atoms with Gasteiger partial charge in [-0.05, 0) is 71.6 Å². The van der Waals surface area contributed by atoms with Crippen molar-refractivity contribution in [2.24, 2.45) is 0 Å². The Balaban J connectivity index is 3.05. The van der Waals surface area contributed by atoms with E-state index in [9.17, 15) is 0 Å². The van der Waals surface area contributed by atoms with Gasteiger partial charge in [-0.25, -0.2) is 0 Å². The molecule has 0 N–H and O–H groups in total. The van der Waals surface area contributed by atoms with E-state index < -0.39 is 0 Å². The van der Waals surface area contributed by atoms with Crippen LogP contribution < -0.4 is 0 Å². The lowest BCUT2D eigenvalue weighted by Crippen LogP contribution is -1.73. The van der Waals surface area contributed by atoms with Gasteiger partial charge in [-0.2, -0.15) is 0 Å². The van der Waals surface area contributed by atoms with E-state index in [2.05, 4.69) is 47.8 Å². The maximum absolute atomic E-state index is 5.83. The third kappa shape index (κ3) is 3.21. The van der Waals surface area contributed by atoms with Crippen LogP contribution in [0, 0.1) is 0 Å². The molecule has 12 heavy (non-hydrogen) atoms. The fourth-order valence-corrected chi connectivity index (χ4v) is 1.77. The molecule has 0 fully saturated rings. The van der Waals surface area contributed by atoms with Crippen molar-refractivity contribution in [1.82, 2.24) is 0 Å². The normalized spacial score (nSPS) is 9.67. The van der Waals surface area contributed by atoms with Gasteiger partial charge in [0.1, 0.15) is 0 Å². The Morgan fingerprint density at radius 1 is 1.33 bits per heavy atom. The summed E-state index contributed by atoms with van der Waals surface area (Å²) in [6.45, 7) is 0. The lowest BCUT2D eigenvalue weighted by Gasteiger charge is -1.97. The van der Waals surface area contributed by atoms with Crippen molar-refractivity contribution < 1.29 is 0 Å². The number of rotatable bonds is 1. The van der Waals surface area contributed by atoms with Crippen LogP contribution >= 0.6 is 59.4 Å². The Labute approximate surface area is 101 Å². The van der Waals surface area contributed by atoms with Crippen molar-refractivity contribution >= 4 is 65.5 Å². The lowest BCUT2D eigenvalue weighted by molar-refractivity contribution is 1.61. The van der Waals surface area contributed by atoms with Crippen LogP contribution in [0.4, 0.5) is 0 Å². The third-order valence-corrected chi connectivity index (χ3v) is 2.89. The lowest BCUT2D eigenvalue weighted by atomic mass is 10.2. The van der Waals surface area contributed by atoms with Gasteiger partial charge in [-0.1, -0.05) is 17.7 Å². The molecule has 0 aliphatic rings. The van der Waals surface area contributed by atoms with E-state index in [0.29, 0.717) is 0 Å². The second-order valence-corrected chi connectivity index (χ2v) is 6.14. The second-order valence-electron chi connectivity index (χ2n) is 2.11. The highest BCUT2D eigenvalue weighted by Crippen LogP contribution is 2.25. The highest BCUT2D eigenvalue weighted by Gasteiger charge is 1.96. The minimum atomic E-state index is 0.720. The highest BCUT2D eigenvalue weighted by atomic mass is 79.9. The first-order chi connectivity index (χ1) is 5.59. The Bertz CT molecular complexity index is 316. The SMILES string of the molecule is Clc1ccc(C=C(Br)Br)cc1Br. The average molecular weight is 375 g/mol. The van der Waals surface area contributed by atoms with E-state index in [1.54, 1.807) is 0 Å². The number of benzene rings is 1. The Hall–Kier alpha value is 0.690. The predicted molar refractivity (Wildman–Crippen MR) is 65.0 cm³/mol. The molecule has 0 saturated heterocycles. The Morgan fingerprint density at radius 3 is 2.50 bits per heavy atom. The van der Waals surface area contributed by atoms with Crippen molar-refractivity contribution in [3.63, 3.8) is 0 Å². The summed E-state index contributed by atoms with van der Waals surface area (Å²) >= 11 is 15.7. The van der Waals surface area contributed by atoms with Gasteiger partial charge in [0.15, 0.2) is 0 Å². The molecule has 0 unspecified atom stereocenters. The topological polar surface area (TPSA) is 0 Å². The monoisotopic (exact) mass is 372 g/mol. The average Bonchev–Trinajstić information content (AvgIpc) is 1.96. The maximum Gasteiger partial charge on any atom is 0.0610 e. The van der Waals surface area contributed by atoms with Gasteiger partial charge < -0.3 is 0 Å². The molecule has 1 aromatic carbocycles. The molecule has 0 aliphatic heterocycles. The smallest absolute Gasteiger partial charge is 0.0610 e. The zero-order valence-electron chi connectivity index (χ0n) is 5.82. The van der Waals surface area contributed by atoms with Crippen LogP contribution in [0.1, 0.15) is 5.56 Å². The number of halogens is 4. The summed E-state index contributed by atoms with van der Waals surface area (Å²) < 4.78 is 1.81. The third-order valence-electron chi connectivity index (χ3n) is 1.22. The maximum atomic E-state index is 5.83. The van der Waals surface area contributed by atoms with Crippen LogP contribution in [-0.2, 0) is 0 Å². The van der Waals surface area contributed by atoms with E-state index in [-0.39, 0.29) is 0 Å². The molecule has 0 spiro atoms. The van der Waals surface area contributed by atoms with Gasteiger partial charge in [0.2, 0.25) is 0 Å². The van der Waals surface area contributed by atoms with Crippen LogP contribution in [-0.4, -0.2) is 0 Å². The Kier molecular flexibility index (Phi) is 4.30. The molecule has 1 aromatic rings. The van der Waals surface area contributed by atoms with Crippen LogP contribution in [0.15, 0.2) is 26.1 Å². The van der Waals surface area contributed by atoms with E-state index in [1.807, 2.05) is 24.3 Å². The van der Waals surface area contributed by atoms with Crippen molar-refractivity contribution in [3.05, 3.63) is 36.6 Å². The highest BCUT2D eigenvalue weighted by molar-refractivity contribution is 9.28. The first-order valence-corrected chi connectivity index (χ1v) is 5.83. The van der Waals surface area contributed by atoms with E-state index >= 15 is 0 Å². The molecule has 4 heteroatoms. The van der Waals surface area contributed by atoms with Crippen LogP contribution in [0.3, 0.4) is 0 Å². The van der Waals surface area contributed by atoms with Gasteiger partial charge in [0, 0.05) is 4.47 Å². The molecule has 0 aromatic heterocycles. The predicted octanol–water partition coefficient (Wildman–Crippen LogP) is 5.19. The first-order valence-electron chi connectivity index (χ1n) is 3.07. The molecular weight excluding hydrogens is 371 g/mol. The van der Waals surface area contributed by atoms with Gasteiger partial charge in [-0.15, -0.1) is 0 Å². The van der Waals surface area contributed by atoms with Crippen molar-refractivity contribution in [2.45, 2.75) is 0 Å². The molecular formula is C8H4Br3Cl. The zero-order valence-corrected chi connectivity index (χ0v) is 11.3. The molecule has 0 radical (unpaired) electrons. The van der Waals surface area contributed by atoms with E-state index in [0.717, 1.165) is 18.5 Å². The number of hydrogen-bond acceptors (Lipinski definition) is 0. The quantitative estimate of drug-likeness (QED) is 0.634. The minimum absolute atomic E-state index is 0.720. The molecule has 0 nitrogen and oxygen atoms in total. The fraction of sp³-hybridized carbons (Fsp3) is 0. The second kappa shape index (κ2) is 4.80. The summed E-state index contributed by atoms with van der Waals surface area (Å²) in [6, 6.07) is 5.74. The molecule has 0 heterocycles. The van der Waals surface area contributed by atoms with Gasteiger partial charge in [-0.3, -0.25) is 0 Å². The summed E-state index contributed by atoms with van der Waals surface area (Å²) in [7, 11) is 0. The molecule has 0 saturated carbocycles. The Morgan fingerprint density at radius 2 is 2.00 bits per heavy atom. The van der Waals surface area contributed by atoms with Gasteiger partial charge in [0.05, 0.1) is 8.41 Å². The number of hydrogen-bond donors (Lipinski definition) is 0. The summed E-state index contributed by atoms with van der Waals surface area (Å²) in [5.74, 6) is 0. The molecule has 64 valence electrons. The summed E-state index contributed by atoms with van der Waals surface area (Å²) in [5.41, 5.74) is 1.08. The molecule has 0 atom stereocenters. The summed E-state index contributed by atoms with van der Waals surface area (Å²) in [4.78, 5) is 0. The van der Waals surface area contributed by atoms with Crippen molar-refractivity contribution in [1.29, 1.82) is 0 Å². The van der Waals surface area contributed by atoms with Gasteiger partial charge in [0.25, 0.3) is 0 Å². The van der Waals surface area contributed by atoms with Crippen LogP contribution in [0.2, 0.25) is 5.02 Å². The van der Waals surface area contributed by atoms with E-state index in [4.69, 9.17) is 11.6 Å².